The first-order valence-electron chi connectivity index (χ1n) is 4.08. The van der Waals surface area contributed by atoms with E-state index in [2.05, 4.69) is 0 Å². The highest BCUT2D eigenvalue weighted by molar-refractivity contribution is 5.92. The van der Waals surface area contributed by atoms with Crippen LogP contribution in [-0.2, 0) is 0 Å². The highest BCUT2D eigenvalue weighted by atomic mass is 16.5. The third-order valence-corrected chi connectivity index (χ3v) is 1.88. The van der Waals surface area contributed by atoms with Gasteiger partial charge in [0.15, 0.2) is 17.8 Å². The van der Waals surface area contributed by atoms with Gasteiger partial charge in [-0.3, -0.25) is 4.79 Å². The minimum atomic E-state index is -1.13. The van der Waals surface area contributed by atoms with Crippen LogP contribution in [0.3, 0.4) is 0 Å². The van der Waals surface area contributed by atoms with E-state index in [4.69, 9.17) is 14.6 Å². The van der Waals surface area contributed by atoms with Gasteiger partial charge in [-0.1, -0.05) is 0 Å². The van der Waals surface area contributed by atoms with Gasteiger partial charge in [0.1, 0.15) is 0 Å². The van der Waals surface area contributed by atoms with Crippen molar-refractivity contribution in [1.82, 2.24) is 0 Å². The van der Waals surface area contributed by atoms with Crippen molar-refractivity contribution in [3.05, 3.63) is 23.3 Å². The smallest absolute Gasteiger partial charge is 0.335 e. The number of carbonyl (C=O) groups excluding carboxylic acids is 1. The largest absolute Gasteiger partial charge is 0.493 e. The molecule has 0 aliphatic rings. The van der Waals surface area contributed by atoms with E-state index in [1.807, 2.05) is 0 Å². The Hall–Kier alpha value is -2.04. The number of carbonyl (C=O) groups is 2. The molecule has 0 aliphatic heterocycles. The van der Waals surface area contributed by atoms with Crippen LogP contribution < -0.4 is 9.47 Å². The molecule has 0 radical (unpaired) electrons. The highest BCUT2D eigenvalue weighted by Crippen LogP contribution is 2.31. The molecule has 0 aromatic heterocycles. The number of methoxy groups -OCH3 is 2. The van der Waals surface area contributed by atoms with Crippen LogP contribution in [0.1, 0.15) is 20.7 Å². The molecule has 0 unspecified atom stereocenters. The SMILES string of the molecule is COc1cc(C(=O)O)cc(C=O)c1OC. The molecular weight excluding hydrogens is 200 g/mol. The second-order valence-corrected chi connectivity index (χ2v) is 2.72. The van der Waals surface area contributed by atoms with E-state index in [0.717, 1.165) is 0 Å². The molecule has 1 aromatic rings. The number of aldehydes is 1. The number of aromatic carboxylic acids is 1. The summed E-state index contributed by atoms with van der Waals surface area (Å²) in [5.74, 6) is -0.670. The van der Waals surface area contributed by atoms with Gasteiger partial charge in [0.05, 0.1) is 25.3 Å². The number of benzene rings is 1. The minimum absolute atomic E-state index is 0.0187. The molecule has 5 nitrogen and oxygen atoms in total. The number of carboxylic acids is 1. The van der Waals surface area contributed by atoms with Crippen molar-refractivity contribution < 1.29 is 24.2 Å². The zero-order chi connectivity index (χ0) is 11.4. The van der Waals surface area contributed by atoms with Crippen LogP contribution >= 0.6 is 0 Å². The van der Waals surface area contributed by atoms with E-state index in [1.54, 1.807) is 0 Å². The summed E-state index contributed by atoms with van der Waals surface area (Å²) in [7, 11) is 2.75. The zero-order valence-corrected chi connectivity index (χ0v) is 8.31. The number of ether oxygens (including phenoxy) is 2. The van der Waals surface area contributed by atoms with E-state index in [9.17, 15) is 9.59 Å². The lowest BCUT2D eigenvalue weighted by Gasteiger charge is -2.10. The van der Waals surface area contributed by atoms with Gasteiger partial charge in [0.25, 0.3) is 0 Å². The molecule has 0 aliphatic carbocycles. The first-order valence-corrected chi connectivity index (χ1v) is 4.08. The van der Waals surface area contributed by atoms with Crippen LogP contribution in [-0.4, -0.2) is 31.6 Å². The third-order valence-electron chi connectivity index (χ3n) is 1.88. The average Bonchev–Trinajstić information content (AvgIpc) is 2.26. The number of hydrogen-bond donors (Lipinski definition) is 1. The second-order valence-electron chi connectivity index (χ2n) is 2.72. The monoisotopic (exact) mass is 210 g/mol. The molecule has 5 heteroatoms. The highest BCUT2D eigenvalue weighted by Gasteiger charge is 2.14. The lowest BCUT2D eigenvalue weighted by molar-refractivity contribution is 0.0696. The molecule has 1 aromatic carbocycles. The fraction of sp³-hybridized carbons (Fsp3) is 0.200. The lowest BCUT2D eigenvalue weighted by Crippen LogP contribution is -2.02. The number of carboxylic acid groups (broad SMARTS) is 1. The predicted octanol–water partition coefficient (Wildman–Crippen LogP) is 1.21. The molecule has 0 bridgehead atoms. The summed E-state index contributed by atoms with van der Waals surface area (Å²) >= 11 is 0. The predicted molar refractivity (Wildman–Crippen MR) is 51.9 cm³/mol. The summed E-state index contributed by atoms with van der Waals surface area (Å²) in [6.45, 7) is 0. The maximum Gasteiger partial charge on any atom is 0.335 e. The molecule has 0 saturated carbocycles. The van der Waals surface area contributed by atoms with Gasteiger partial charge in [0, 0.05) is 0 Å². The van der Waals surface area contributed by atoms with Gasteiger partial charge in [0.2, 0.25) is 0 Å². The molecule has 0 amide bonds. The summed E-state index contributed by atoms with van der Waals surface area (Å²) in [6, 6.07) is 2.53. The van der Waals surface area contributed by atoms with E-state index >= 15 is 0 Å². The zero-order valence-electron chi connectivity index (χ0n) is 8.31. The molecule has 1 rings (SSSR count). The summed E-state index contributed by atoms with van der Waals surface area (Å²) < 4.78 is 9.87. The number of rotatable bonds is 4. The van der Waals surface area contributed by atoms with Crippen LogP contribution in [0, 0.1) is 0 Å². The van der Waals surface area contributed by atoms with Gasteiger partial charge in [-0.2, -0.15) is 0 Å². The maximum absolute atomic E-state index is 10.7. The summed E-state index contributed by atoms with van der Waals surface area (Å²) in [6.07, 6.45) is 0.522. The summed E-state index contributed by atoms with van der Waals surface area (Å²) in [5.41, 5.74) is 0.129. The van der Waals surface area contributed by atoms with Gasteiger partial charge >= 0.3 is 5.97 Å². The Morgan fingerprint density at radius 3 is 2.40 bits per heavy atom. The van der Waals surface area contributed by atoms with Gasteiger partial charge in [-0.25, -0.2) is 4.79 Å². The molecule has 1 N–H and O–H groups in total. The van der Waals surface area contributed by atoms with Crippen LogP contribution in [0.4, 0.5) is 0 Å². The molecule has 15 heavy (non-hydrogen) atoms. The Bertz CT molecular complexity index is 397. The average molecular weight is 210 g/mol. The Morgan fingerprint density at radius 1 is 1.33 bits per heavy atom. The normalized spacial score (nSPS) is 9.47. The van der Waals surface area contributed by atoms with E-state index < -0.39 is 5.97 Å². The van der Waals surface area contributed by atoms with Gasteiger partial charge in [-0.15, -0.1) is 0 Å². The fourth-order valence-corrected chi connectivity index (χ4v) is 1.20. The number of hydrogen-bond acceptors (Lipinski definition) is 4. The maximum atomic E-state index is 10.7. The van der Waals surface area contributed by atoms with Crippen molar-refractivity contribution in [3.8, 4) is 11.5 Å². The molecular formula is C10H10O5. The van der Waals surface area contributed by atoms with Crippen LogP contribution in [0.25, 0.3) is 0 Å². The quantitative estimate of drug-likeness (QED) is 0.756. The standard InChI is InChI=1S/C10H10O5/c1-14-8-4-6(10(12)13)3-7(5-11)9(8)15-2/h3-5H,1-2H3,(H,12,13). The molecule has 0 atom stereocenters. The molecule has 0 saturated heterocycles. The Kier molecular flexibility index (Phi) is 3.28. The van der Waals surface area contributed by atoms with Crippen molar-refractivity contribution in [3.63, 3.8) is 0 Å². The van der Waals surface area contributed by atoms with Crippen molar-refractivity contribution in [2.24, 2.45) is 0 Å². The van der Waals surface area contributed by atoms with Gasteiger partial charge < -0.3 is 14.6 Å². The minimum Gasteiger partial charge on any atom is -0.493 e. The molecule has 0 spiro atoms. The molecule has 0 heterocycles. The van der Waals surface area contributed by atoms with E-state index in [0.29, 0.717) is 6.29 Å². The lowest BCUT2D eigenvalue weighted by atomic mass is 10.1. The van der Waals surface area contributed by atoms with Gasteiger partial charge in [-0.05, 0) is 12.1 Å². The Morgan fingerprint density at radius 2 is 2.00 bits per heavy atom. The first kappa shape index (κ1) is 11.0. The van der Waals surface area contributed by atoms with E-state index in [-0.39, 0.29) is 22.6 Å². The van der Waals surface area contributed by atoms with Crippen molar-refractivity contribution in [2.45, 2.75) is 0 Å². The first-order chi connectivity index (χ1) is 7.13. The van der Waals surface area contributed by atoms with Crippen LogP contribution in [0.15, 0.2) is 12.1 Å². The second kappa shape index (κ2) is 4.45. The van der Waals surface area contributed by atoms with Crippen LogP contribution in [0.2, 0.25) is 0 Å². The fourth-order valence-electron chi connectivity index (χ4n) is 1.20. The molecule has 80 valence electrons. The molecule has 0 fully saturated rings. The van der Waals surface area contributed by atoms with Crippen LogP contribution in [0.5, 0.6) is 11.5 Å². The van der Waals surface area contributed by atoms with Crippen molar-refractivity contribution >= 4 is 12.3 Å². The topological polar surface area (TPSA) is 72.8 Å². The third kappa shape index (κ3) is 2.07. The van der Waals surface area contributed by atoms with Crippen molar-refractivity contribution in [1.29, 1.82) is 0 Å². The Balaban J connectivity index is 3.42. The summed E-state index contributed by atoms with van der Waals surface area (Å²) in [5, 5.41) is 8.78. The Labute approximate surface area is 86.2 Å². The van der Waals surface area contributed by atoms with Crippen molar-refractivity contribution in [2.75, 3.05) is 14.2 Å². The van der Waals surface area contributed by atoms with E-state index in [1.165, 1.54) is 26.4 Å². The summed E-state index contributed by atoms with van der Waals surface area (Å²) in [4.78, 5) is 21.4.